The molecule has 0 aliphatic heterocycles. The summed E-state index contributed by atoms with van der Waals surface area (Å²) in [6, 6.07) is 20.1. The molecule has 4 rings (SSSR count). The molecule has 2 heterocycles. The first-order valence-electron chi connectivity index (χ1n) is 11.6. The van der Waals surface area contributed by atoms with E-state index in [1.165, 1.54) is 4.68 Å². The summed E-state index contributed by atoms with van der Waals surface area (Å²) in [5, 5.41) is 18.6. The number of aromatic nitrogens is 5. The molecule has 11 nitrogen and oxygen atoms in total. The largest absolute Gasteiger partial charge is 0.457 e. The second-order valence-corrected chi connectivity index (χ2v) is 9.98. The van der Waals surface area contributed by atoms with Crippen LogP contribution in [0.4, 0.5) is 10.6 Å². The van der Waals surface area contributed by atoms with Crippen molar-refractivity contribution in [3.05, 3.63) is 88.3 Å². The number of amides is 1. The highest BCUT2D eigenvalue weighted by atomic mass is 79.9. The highest BCUT2D eigenvalue weighted by Crippen LogP contribution is 2.24. The van der Waals surface area contributed by atoms with Crippen LogP contribution in [-0.2, 0) is 23.2 Å². The molecule has 38 heavy (non-hydrogen) atoms. The molecular formula is C26H26BrN7O4. The van der Waals surface area contributed by atoms with Gasteiger partial charge in [0.15, 0.2) is 12.3 Å². The molecule has 0 fully saturated rings. The van der Waals surface area contributed by atoms with Gasteiger partial charge in [0.25, 0.3) is 0 Å². The van der Waals surface area contributed by atoms with E-state index < -0.39 is 11.7 Å². The summed E-state index contributed by atoms with van der Waals surface area (Å²) >= 11 is 3.41. The van der Waals surface area contributed by atoms with Gasteiger partial charge in [-0.1, -0.05) is 27.2 Å². The zero-order chi connectivity index (χ0) is 27.1. The van der Waals surface area contributed by atoms with Crippen molar-refractivity contribution < 1.29 is 19.1 Å². The Hall–Kier alpha value is -4.32. The molecule has 4 aromatic rings. The van der Waals surface area contributed by atoms with E-state index in [4.69, 9.17) is 14.3 Å². The van der Waals surface area contributed by atoms with Crippen LogP contribution in [0.15, 0.2) is 76.4 Å². The highest BCUT2D eigenvalue weighted by molar-refractivity contribution is 9.10. The van der Waals surface area contributed by atoms with E-state index >= 15 is 0 Å². The van der Waals surface area contributed by atoms with Gasteiger partial charge in [0.05, 0.1) is 5.69 Å². The number of nitrogens with zero attached hydrogens (tertiary/aromatic N) is 6. The first kappa shape index (κ1) is 26.7. The van der Waals surface area contributed by atoms with Crippen LogP contribution in [0.1, 0.15) is 37.9 Å². The molecule has 1 N–H and O–H groups in total. The second-order valence-electron chi connectivity index (χ2n) is 9.06. The maximum Gasteiger partial charge on any atom is 0.413 e. The molecule has 196 valence electrons. The molecule has 12 heteroatoms. The van der Waals surface area contributed by atoms with Gasteiger partial charge in [-0.05, 0) is 91.9 Å². The van der Waals surface area contributed by atoms with E-state index in [1.807, 2.05) is 48.5 Å². The van der Waals surface area contributed by atoms with E-state index in [0.717, 1.165) is 10.0 Å². The Morgan fingerprint density at radius 3 is 2.34 bits per heavy atom. The number of nitrogens with one attached hydrogen (secondary N) is 1. The number of pyridine rings is 1. The average molecular weight is 580 g/mol. The predicted octanol–water partition coefficient (Wildman–Crippen LogP) is 5.48. The first-order valence-corrected chi connectivity index (χ1v) is 12.4. The standard InChI is InChI=1S/C26H26BrN7O4/c1-26(2,3)38-25(35)29-22-7-5-6-19(28-22)16-36-31-23(24-30-32-33-34(24)4)17-8-12-20(13-9-17)37-21-14-10-18(27)11-15-21/h5-15H,16H2,1-4H3,(H,28,29,35)/b31-23-. The number of aryl methyl sites for hydroxylation is 1. The van der Waals surface area contributed by atoms with Crippen molar-refractivity contribution in [2.75, 3.05) is 5.32 Å². The number of oxime groups is 1. The maximum atomic E-state index is 12.0. The third-order valence-corrected chi connectivity index (χ3v) is 5.34. The summed E-state index contributed by atoms with van der Waals surface area (Å²) < 4.78 is 13.6. The minimum Gasteiger partial charge on any atom is -0.457 e. The Morgan fingerprint density at radius 1 is 1.03 bits per heavy atom. The van der Waals surface area contributed by atoms with Gasteiger partial charge in [-0.25, -0.2) is 14.5 Å². The third-order valence-electron chi connectivity index (χ3n) is 4.81. The van der Waals surface area contributed by atoms with Crippen molar-refractivity contribution in [1.29, 1.82) is 0 Å². The molecule has 0 spiro atoms. The Morgan fingerprint density at radius 2 is 1.71 bits per heavy atom. The normalized spacial score (nSPS) is 11.7. The zero-order valence-electron chi connectivity index (χ0n) is 21.3. The van der Waals surface area contributed by atoms with Gasteiger partial charge >= 0.3 is 6.09 Å². The number of anilines is 1. The maximum absolute atomic E-state index is 12.0. The minimum absolute atomic E-state index is 0.0450. The Labute approximate surface area is 227 Å². The van der Waals surface area contributed by atoms with Crippen molar-refractivity contribution in [3.63, 3.8) is 0 Å². The lowest BCUT2D eigenvalue weighted by molar-refractivity contribution is 0.0635. The summed E-state index contributed by atoms with van der Waals surface area (Å²) in [5.41, 5.74) is 1.08. The fourth-order valence-electron chi connectivity index (χ4n) is 3.17. The Balaban J connectivity index is 1.47. The van der Waals surface area contributed by atoms with Crippen LogP contribution in [0.25, 0.3) is 0 Å². The fourth-order valence-corrected chi connectivity index (χ4v) is 3.44. The van der Waals surface area contributed by atoms with Crippen LogP contribution in [-0.4, -0.2) is 42.6 Å². The predicted molar refractivity (Wildman–Crippen MR) is 144 cm³/mol. The Bertz CT molecular complexity index is 1410. The summed E-state index contributed by atoms with van der Waals surface area (Å²) in [6.45, 7) is 5.41. The van der Waals surface area contributed by atoms with Gasteiger partial charge in [-0.15, -0.1) is 5.10 Å². The number of carbonyl (C=O) groups excluding carboxylic acids is 1. The Kier molecular flexibility index (Phi) is 8.31. The van der Waals surface area contributed by atoms with Crippen LogP contribution < -0.4 is 10.1 Å². The minimum atomic E-state index is -0.617. The van der Waals surface area contributed by atoms with Crippen LogP contribution in [0.2, 0.25) is 0 Å². The van der Waals surface area contributed by atoms with Gasteiger partial charge in [0.1, 0.15) is 22.9 Å². The van der Waals surface area contributed by atoms with Gasteiger partial charge in [-0.3, -0.25) is 5.32 Å². The lowest BCUT2D eigenvalue weighted by Crippen LogP contribution is -2.27. The van der Waals surface area contributed by atoms with Gasteiger partial charge in [-0.2, -0.15) is 0 Å². The van der Waals surface area contributed by atoms with Crippen molar-refractivity contribution in [3.8, 4) is 11.5 Å². The zero-order valence-corrected chi connectivity index (χ0v) is 22.8. The number of rotatable bonds is 8. The van der Waals surface area contributed by atoms with E-state index in [-0.39, 0.29) is 6.61 Å². The number of benzene rings is 2. The molecular weight excluding hydrogens is 554 g/mol. The summed E-state index contributed by atoms with van der Waals surface area (Å²) in [4.78, 5) is 22.1. The molecule has 0 saturated carbocycles. The van der Waals surface area contributed by atoms with E-state index in [9.17, 15) is 4.79 Å². The SMILES string of the molecule is Cn1nnnc1/C(=N\OCc1cccc(NC(=O)OC(C)(C)C)n1)c1ccc(Oc2ccc(Br)cc2)cc1. The summed E-state index contributed by atoms with van der Waals surface area (Å²) in [6.07, 6.45) is -0.592. The smallest absolute Gasteiger partial charge is 0.413 e. The third kappa shape index (κ3) is 7.59. The first-order chi connectivity index (χ1) is 18.2. The van der Waals surface area contributed by atoms with E-state index in [0.29, 0.717) is 34.5 Å². The quantitative estimate of drug-likeness (QED) is 0.215. The number of halogens is 1. The second kappa shape index (κ2) is 11.8. The number of ether oxygens (including phenoxy) is 2. The van der Waals surface area contributed by atoms with Crippen LogP contribution in [0.3, 0.4) is 0 Å². The lowest BCUT2D eigenvalue weighted by atomic mass is 10.1. The topological polar surface area (TPSA) is 126 Å². The molecule has 1 amide bonds. The highest BCUT2D eigenvalue weighted by Gasteiger charge is 2.17. The summed E-state index contributed by atoms with van der Waals surface area (Å²) in [5.74, 6) is 2.13. The fraction of sp³-hybridized carbons (Fsp3) is 0.231. The molecule has 2 aromatic carbocycles. The summed E-state index contributed by atoms with van der Waals surface area (Å²) in [7, 11) is 1.71. The van der Waals surface area contributed by atoms with Gasteiger partial charge < -0.3 is 14.3 Å². The molecule has 0 aliphatic carbocycles. The molecule has 0 atom stereocenters. The van der Waals surface area contributed by atoms with E-state index in [2.05, 4.69) is 46.9 Å². The number of carbonyl (C=O) groups is 1. The number of tetrazole rings is 1. The van der Waals surface area contributed by atoms with Gasteiger partial charge in [0, 0.05) is 17.1 Å². The molecule has 0 bridgehead atoms. The molecule has 0 aliphatic rings. The molecule has 2 aromatic heterocycles. The van der Waals surface area contributed by atoms with Crippen molar-refractivity contribution in [2.24, 2.45) is 12.2 Å². The monoisotopic (exact) mass is 579 g/mol. The molecule has 0 radical (unpaired) electrons. The van der Waals surface area contributed by atoms with Crippen LogP contribution >= 0.6 is 15.9 Å². The van der Waals surface area contributed by atoms with Crippen LogP contribution in [0.5, 0.6) is 11.5 Å². The average Bonchev–Trinajstić information content (AvgIpc) is 3.28. The number of hydrogen-bond donors (Lipinski definition) is 1. The van der Waals surface area contributed by atoms with E-state index in [1.54, 1.807) is 46.0 Å². The number of hydrogen-bond acceptors (Lipinski definition) is 9. The molecule has 0 saturated heterocycles. The van der Waals surface area contributed by atoms with Crippen molar-refractivity contribution >= 4 is 33.6 Å². The van der Waals surface area contributed by atoms with Crippen molar-refractivity contribution in [2.45, 2.75) is 33.0 Å². The lowest BCUT2D eigenvalue weighted by Gasteiger charge is -2.19. The van der Waals surface area contributed by atoms with Crippen molar-refractivity contribution in [1.82, 2.24) is 25.2 Å². The van der Waals surface area contributed by atoms with Gasteiger partial charge in [0.2, 0.25) is 5.82 Å². The molecule has 0 unspecified atom stereocenters. The van der Waals surface area contributed by atoms with Crippen LogP contribution in [0, 0.1) is 0 Å².